The number of hydrogen-bond acceptors (Lipinski definition) is 1. The molecule has 0 saturated carbocycles. The molecule has 5 heavy (non-hydrogen) atoms. The molecule has 0 aromatic rings. The number of nitrogens with two attached hydrogens (primary N) is 1. The average Bonchev–Trinajstić information content (AvgIpc) is 0.811. The van der Waals surface area contributed by atoms with E-state index in [0.717, 1.165) is 0 Å². The highest BCUT2D eigenvalue weighted by Gasteiger charge is 1.61. The normalized spacial score (nSPS) is 5.00. The summed E-state index contributed by atoms with van der Waals surface area (Å²) >= 11 is 0. The fraction of sp³-hybridized carbons (Fsp3) is 0.500. The monoisotopic (exact) mass is 93.0 g/mol. The van der Waals surface area contributed by atoms with Crippen LogP contribution in [0.25, 0.3) is 0 Å². The second-order valence-electron chi connectivity index (χ2n) is 0.611. The molecular weight excluding hydrogens is 86.1 g/mol. The lowest BCUT2D eigenvalue weighted by Gasteiger charge is -1.60. The largest absolute Gasteiger partial charge is 0.370 e. The van der Waals surface area contributed by atoms with Gasteiger partial charge in [0, 0.05) is 6.92 Å². The van der Waals surface area contributed by atoms with Gasteiger partial charge >= 0.3 is 0 Å². The van der Waals surface area contributed by atoms with Crippen molar-refractivity contribution in [1.29, 1.82) is 0 Å². The lowest BCUT2D eigenvalue weighted by Crippen LogP contribution is -2.01. The van der Waals surface area contributed by atoms with E-state index in [9.17, 15) is 4.79 Å². The molecule has 0 unspecified atom stereocenters. The molecule has 0 heterocycles. The second kappa shape index (κ2) is 3.82. The maximum Gasteiger partial charge on any atom is 0.214 e. The Balaban J connectivity index is 0. The predicted octanol–water partition coefficient (Wildman–Crippen LogP) is -0.396. The van der Waals surface area contributed by atoms with Gasteiger partial charge in [0.25, 0.3) is 0 Å². The molecule has 0 aliphatic heterocycles. The quantitative estimate of drug-likeness (QED) is 0.435. The van der Waals surface area contributed by atoms with E-state index in [0.29, 0.717) is 0 Å². The first-order chi connectivity index (χ1) is 1.73. The Morgan fingerprint density at radius 3 is 1.80 bits per heavy atom. The predicted molar refractivity (Wildman–Crippen MR) is 25.2 cm³/mol. The summed E-state index contributed by atoms with van der Waals surface area (Å²) in [5.74, 6) is -0.333. The minimum atomic E-state index is -0.333. The highest BCUT2D eigenvalue weighted by atomic mass is 32.1. The van der Waals surface area contributed by atoms with Crippen molar-refractivity contribution in [3.8, 4) is 0 Å². The molecule has 0 spiro atoms. The van der Waals surface area contributed by atoms with Crippen LogP contribution in [-0.2, 0) is 4.79 Å². The first-order valence-corrected chi connectivity index (χ1v) is 0.993. The number of rotatable bonds is 0. The van der Waals surface area contributed by atoms with Gasteiger partial charge < -0.3 is 5.73 Å². The summed E-state index contributed by atoms with van der Waals surface area (Å²) in [6.45, 7) is 1.31. The van der Waals surface area contributed by atoms with Crippen molar-refractivity contribution in [1.82, 2.24) is 0 Å². The Morgan fingerprint density at radius 2 is 1.80 bits per heavy atom. The molecule has 2 N–H and O–H groups in total. The van der Waals surface area contributed by atoms with Crippen molar-refractivity contribution in [3.05, 3.63) is 0 Å². The molecule has 0 rings (SSSR count). The Kier molecular flexibility index (Phi) is 6.76. The number of hydrogen-bond donors (Lipinski definition) is 1. The molecule has 0 aromatic carbocycles. The topological polar surface area (TPSA) is 43.1 Å². The van der Waals surface area contributed by atoms with Crippen molar-refractivity contribution in [2.45, 2.75) is 6.92 Å². The molecule has 0 bridgehead atoms. The maximum atomic E-state index is 9.22. The standard InChI is InChI=1S/C2H5NO.H2S/c1-2(3)4;/h1H3,(H2,3,4);1H2. The van der Waals surface area contributed by atoms with Gasteiger partial charge in [-0.15, -0.1) is 0 Å². The van der Waals surface area contributed by atoms with Gasteiger partial charge in [0.1, 0.15) is 0 Å². The number of amides is 1. The molecule has 0 aliphatic rings. The van der Waals surface area contributed by atoms with Gasteiger partial charge in [-0.2, -0.15) is 13.5 Å². The Labute approximate surface area is 37.8 Å². The van der Waals surface area contributed by atoms with Crippen molar-refractivity contribution < 1.29 is 4.79 Å². The summed E-state index contributed by atoms with van der Waals surface area (Å²) in [6, 6.07) is 0. The third-order valence-corrected chi connectivity index (χ3v) is 0. The first-order valence-electron chi connectivity index (χ1n) is 0.993. The van der Waals surface area contributed by atoms with Gasteiger partial charge in [0.05, 0.1) is 0 Å². The Bertz CT molecular complexity index is 32.6. The number of carbonyl (C=O) groups is 1. The van der Waals surface area contributed by atoms with Crippen molar-refractivity contribution in [2.75, 3.05) is 0 Å². The van der Waals surface area contributed by atoms with Crippen LogP contribution in [0, 0.1) is 0 Å². The third-order valence-electron chi connectivity index (χ3n) is 0. The van der Waals surface area contributed by atoms with Gasteiger partial charge in [-0.3, -0.25) is 4.79 Å². The smallest absolute Gasteiger partial charge is 0.214 e. The van der Waals surface area contributed by atoms with E-state index >= 15 is 0 Å². The second-order valence-corrected chi connectivity index (χ2v) is 0.611. The van der Waals surface area contributed by atoms with E-state index in [2.05, 4.69) is 5.73 Å². The van der Waals surface area contributed by atoms with Crippen LogP contribution in [0.5, 0.6) is 0 Å². The van der Waals surface area contributed by atoms with Gasteiger partial charge in [0.15, 0.2) is 0 Å². The number of carbonyl (C=O) groups excluding carboxylic acids is 1. The lowest BCUT2D eigenvalue weighted by molar-refractivity contribution is -0.115. The van der Waals surface area contributed by atoms with Crippen LogP contribution in [0.15, 0.2) is 0 Å². The summed E-state index contributed by atoms with van der Waals surface area (Å²) in [5, 5.41) is 0. The lowest BCUT2D eigenvalue weighted by atomic mass is 10.8. The molecule has 32 valence electrons. The van der Waals surface area contributed by atoms with Crippen LogP contribution in [0.4, 0.5) is 0 Å². The van der Waals surface area contributed by atoms with Crippen molar-refractivity contribution in [2.24, 2.45) is 5.73 Å². The summed E-state index contributed by atoms with van der Waals surface area (Å²) in [6.07, 6.45) is 0. The molecule has 3 heteroatoms. The molecule has 0 atom stereocenters. The van der Waals surface area contributed by atoms with Crippen LogP contribution in [0.1, 0.15) is 6.92 Å². The van der Waals surface area contributed by atoms with Gasteiger partial charge in [0.2, 0.25) is 5.91 Å². The van der Waals surface area contributed by atoms with Crippen LogP contribution >= 0.6 is 13.5 Å². The van der Waals surface area contributed by atoms with Gasteiger partial charge in [-0.1, -0.05) is 0 Å². The average molecular weight is 93.2 g/mol. The molecule has 0 aliphatic carbocycles. The molecule has 0 saturated heterocycles. The van der Waals surface area contributed by atoms with E-state index in [1.54, 1.807) is 0 Å². The highest BCUT2D eigenvalue weighted by Crippen LogP contribution is 1.33. The summed E-state index contributed by atoms with van der Waals surface area (Å²) < 4.78 is 0. The first kappa shape index (κ1) is 8.84. The van der Waals surface area contributed by atoms with Crippen LogP contribution in [0.2, 0.25) is 0 Å². The molecule has 0 aromatic heterocycles. The molecule has 0 radical (unpaired) electrons. The highest BCUT2D eigenvalue weighted by molar-refractivity contribution is 7.59. The van der Waals surface area contributed by atoms with Crippen LogP contribution in [0.3, 0.4) is 0 Å². The Morgan fingerprint density at radius 1 is 1.80 bits per heavy atom. The van der Waals surface area contributed by atoms with Crippen LogP contribution in [-0.4, -0.2) is 5.91 Å². The SMILES string of the molecule is CC(N)=O.S. The van der Waals surface area contributed by atoms with Crippen molar-refractivity contribution in [3.63, 3.8) is 0 Å². The molecular formula is C2H7NOS. The zero-order valence-electron chi connectivity index (χ0n) is 2.99. The van der Waals surface area contributed by atoms with Crippen LogP contribution < -0.4 is 5.73 Å². The molecule has 2 nitrogen and oxygen atoms in total. The zero-order chi connectivity index (χ0) is 3.58. The summed E-state index contributed by atoms with van der Waals surface area (Å²) in [7, 11) is 0. The van der Waals surface area contributed by atoms with E-state index in [-0.39, 0.29) is 19.4 Å². The van der Waals surface area contributed by atoms with Gasteiger partial charge in [-0.25, -0.2) is 0 Å². The zero-order valence-corrected chi connectivity index (χ0v) is 3.99. The molecule has 1 amide bonds. The van der Waals surface area contributed by atoms with E-state index < -0.39 is 0 Å². The van der Waals surface area contributed by atoms with Gasteiger partial charge in [-0.05, 0) is 0 Å². The van der Waals surface area contributed by atoms with E-state index in [1.807, 2.05) is 0 Å². The maximum absolute atomic E-state index is 9.22. The Hall–Kier alpha value is -0.180. The molecule has 0 fully saturated rings. The van der Waals surface area contributed by atoms with Crippen molar-refractivity contribution >= 4 is 19.4 Å². The van der Waals surface area contributed by atoms with E-state index in [4.69, 9.17) is 0 Å². The summed E-state index contributed by atoms with van der Waals surface area (Å²) in [5.41, 5.74) is 4.47. The third kappa shape index (κ3) is 391. The van der Waals surface area contributed by atoms with E-state index in [1.165, 1.54) is 6.92 Å². The minimum absolute atomic E-state index is 0. The minimum Gasteiger partial charge on any atom is -0.370 e. The summed E-state index contributed by atoms with van der Waals surface area (Å²) in [4.78, 5) is 9.22. The fourth-order valence-electron chi connectivity index (χ4n) is 0. The number of primary amides is 1. The fourth-order valence-corrected chi connectivity index (χ4v) is 0.